The number of halogens is 1. The van der Waals surface area contributed by atoms with E-state index in [2.05, 4.69) is 0 Å². The first-order valence-electron chi connectivity index (χ1n) is 6.96. The fraction of sp³-hybridized carbons (Fsp3) is 0.118. The second-order valence-electron chi connectivity index (χ2n) is 5.22. The number of fused-ring (bicyclic) bond motifs is 1. The van der Waals surface area contributed by atoms with Gasteiger partial charge < -0.3 is 4.90 Å². The average molecular weight is 312 g/mol. The van der Waals surface area contributed by atoms with E-state index in [0.717, 1.165) is 17.0 Å². The molecule has 3 rings (SSSR count). The number of hydrogen-bond acceptors (Lipinski definition) is 3. The Morgan fingerprint density at radius 2 is 1.70 bits per heavy atom. The summed E-state index contributed by atoms with van der Waals surface area (Å²) in [5.41, 5.74) is 0.684. The highest BCUT2D eigenvalue weighted by Gasteiger charge is 2.33. The summed E-state index contributed by atoms with van der Waals surface area (Å²) in [7, 11) is 1.50. The molecule has 116 valence electrons. The molecule has 1 aliphatic rings. The number of likely N-dealkylation sites (N-methyl/N-ethyl adjacent to an activating group) is 1. The van der Waals surface area contributed by atoms with Gasteiger partial charge in [0, 0.05) is 12.6 Å². The van der Waals surface area contributed by atoms with E-state index < -0.39 is 17.6 Å². The molecule has 2 aromatic rings. The molecule has 23 heavy (non-hydrogen) atoms. The van der Waals surface area contributed by atoms with Crippen LogP contribution < -0.4 is 4.90 Å². The van der Waals surface area contributed by atoms with Gasteiger partial charge in [0.15, 0.2) is 0 Å². The van der Waals surface area contributed by atoms with Crippen LogP contribution in [0.1, 0.15) is 20.7 Å². The van der Waals surface area contributed by atoms with Crippen molar-refractivity contribution in [3.63, 3.8) is 0 Å². The van der Waals surface area contributed by atoms with Crippen LogP contribution in [0.5, 0.6) is 0 Å². The third kappa shape index (κ3) is 2.59. The molecule has 0 atom stereocenters. The van der Waals surface area contributed by atoms with Crippen LogP contribution in [0.4, 0.5) is 10.1 Å². The van der Waals surface area contributed by atoms with Gasteiger partial charge >= 0.3 is 0 Å². The van der Waals surface area contributed by atoms with Crippen LogP contribution in [-0.2, 0) is 4.79 Å². The molecule has 0 aliphatic carbocycles. The van der Waals surface area contributed by atoms with E-state index in [1.165, 1.54) is 24.1 Å². The van der Waals surface area contributed by atoms with Gasteiger partial charge in [0.1, 0.15) is 12.4 Å². The normalized spacial score (nSPS) is 14.5. The van der Waals surface area contributed by atoms with Crippen LogP contribution in [0.15, 0.2) is 48.5 Å². The lowest BCUT2D eigenvalue weighted by molar-refractivity contribution is -0.118. The highest BCUT2D eigenvalue weighted by Crippen LogP contribution is 2.26. The van der Waals surface area contributed by atoms with Gasteiger partial charge in [-0.05, 0) is 36.4 Å². The number of nitrogens with zero attached hydrogens (tertiary/aromatic N) is 2. The minimum Gasteiger partial charge on any atom is -0.332 e. The Bertz CT molecular complexity index is 802. The summed E-state index contributed by atoms with van der Waals surface area (Å²) in [4.78, 5) is 39.7. The van der Waals surface area contributed by atoms with Crippen molar-refractivity contribution >= 4 is 23.4 Å². The lowest BCUT2D eigenvalue weighted by atomic mass is 10.1. The van der Waals surface area contributed by atoms with Gasteiger partial charge in [-0.1, -0.05) is 12.1 Å². The predicted octanol–water partition coefficient (Wildman–Crippen LogP) is 2.08. The second kappa shape index (κ2) is 5.64. The molecular weight excluding hydrogens is 299 g/mol. The standard InChI is InChI=1S/C17H13FN2O3/c1-19-10-15(21)20(14-5-3-2-4-13(14)17(19)23)16(22)11-6-8-12(18)9-7-11/h2-9H,10H2,1H3. The second-order valence-corrected chi connectivity index (χ2v) is 5.22. The molecule has 1 heterocycles. The summed E-state index contributed by atoms with van der Waals surface area (Å²) in [6, 6.07) is 11.4. The highest BCUT2D eigenvalue weighted by molar-refractivity contribution is 6.25. The zero-order valence-electron chi connectivity index (χ0n) is 12.3. The van der Waals surface area contributed by atoms with Crippen molar-refractivity contribution in [3.05, 3.63) is 65.5 Å². The van der Waals surface area contributed by atoms with Crippen LogP contribution in [0, 0.1) is 5.82 Å². The summed E-state index contributed by atoms with van der Waals surface area (Å²) in [6.07, 6.45) is 0. The number of carbonyl (C=O) groups excluding carboxylic acids is 3. The largest absolute Gasteiger partial charge is 0.332 e. The van der Waals surface area contributed by atoms with E-state index in [1.807, 2.05) is 0 Å². The first kappa shape index (κ1) is 14.9. The van der Waals surface area contributed by atoms with E-state index in [-0.39, 0.29) is 29.3 Å². The van der Waals surface area contributed by atoms with Crippen LogP contribution in [-0.4, -0.2) is 36.2 Å². The van der Waals surface area contributed by atoms with Gasteiger partial charge in [0.05, 0.1) is 11.3 Å². The summed E-state index contributed by atoms with van der Waals surface area (Å²) in [6.45, 7) is -0.208. The first-order chi connectivity index (χ1) is 11.0. The van der Waals surface area contributed by atoms with Crippen molar-refractivity contribution in [1.82, 2.24) is 4.90 Å². The van der Waals surface area contributed by atoms with E-state index in [4.69, 9.17) is 0 Å². The molecule has 6 heteroatoms. The van der Waals surface area contributed by atoms with Crippen molar-refractivity contribution in [2.45, 2.75) is 0 Å². The Morgan fingerprint density at radius 3 is 2.39 bits per heavy atom. The van der Waals surface area contributed by atoms with Crippen LogP contribution in [0.2, 0.25) is 0 Å². The third-order valence-electron chi connectivity index (χ3n) is 3.64. The minimum absolute atomic E-state index is 0.173. The van der Waals surface area contributed by atoms with Crippen molar-refractivity contribution in [2.75, 3.05) is 18.5 Å². The van der Waals surface area contributed by atoms with E-state index in [9.17, 15) is 18.8 Å². The van der Waals surface area contributed by atoms with Crippen molar-refractivity contribution in [2.24, 2.45) is 0 Å². The lowest BCUT2D eigenvalue weighted by Gasteiger charge is -2.20. The molecule has 2 aromatic carbocycles. The van der Waals surface area contributed by atoms with Crippen LogP contribution in [0.25, 0.3) is 0 Å². The molecule has 0 unspecified atom stereocenters. The summed E-state index contributed by atoms with van der Waals surface area (Å²) in [5, 5.41) is 0. The maximum Gasteiger partial charge on any atom is 0.265 e. The van der Waals surface area contributed by atoms with Gasteiger partial charge in [-0.25, -0.2) is 9.29 Å². The van der Waals surface area contributed by atoms with Gasteiger partial charge in [-0.3, -0.25) is 14.4 Å². The lowest BCUT2D eigenvalue weighted by Crippen LogP contribution is -2.41. The van der Waals surface area contributed by atoms with E-state index in [0.29, 0.717) is 0 Å². The number of rotatable bonds is 1. The fourth-order valence-electron chi connectivity index (χ4n) is 2.48. The Labute approximate surface area is 131 Å². The molecule has 0 spiro atoms. The smallest absolute Gasteiger partial charge is 0.265 e. The maximum absolute atomic E-state index is 13.0. The number of carbonyl (C=O) groups is 3. The molecule has 3 amide bonds. The van der Waals surface area contributed by atoms with Crippen LogP contribution >= 0.6 is 0 Å². The van der Waals surface area contributed by atoms with Crippen LogP contribution in [0.3, 0.4) is 0 Å². The number of hydrogen-bond donors (Lipinski definition) is 0. The van der Waals surface area contributed by atoms with Crippen molar-refractivity contribution in [1.29, 1.82) is 0 Å². The molecule has 0 aromatic heterocycles. The summed E-state index contributed by atoms with van der Waals surface area (Å²) in [5.74, 6) is -1.91. The topological polar surface area (TPSA) is 57.7 Å². The molecule has 5 nitrogen and oxygen atoms in total. The number of anilines is 1. The molecule has 1 aliphatic heterocycles. The Hall–Kier alpha value is -3.02. The maximum atomic E-state index is 13.0. The quantitative estimate of drug-likeness (QED) is 0.758. The van der Waals surface area contributed by atoms with E-state index >= 15 is 0 Å². The predicted molar refractivity (Wildman–Crippen MR) is 81.6 cm³/mol. The Morgan fingerprint density at radius 1 is 1.04 bits per heavy atom. The molecule has 0 bridgehead atoms. The van der Waals surface area contributed by atoms with Gasteiger partial charge in [0.2, 0.25) is 0 Å². The van der Waals surface area contributed by atoms with Crippen molar-refractivity contribution < 1.29 is 18.8 Å². The molecular formula is C17H13FN2O3. The number of benzene rings is 2. The zero-order valence-corrected chi connectivity index (χ0v) is 12.3. The fourth-order valence-corrected chi connectivity index (χ4v) is 2.48. The number of imide groups is 1. The number of para-hydroxylation sites is 1. The molecule has 0 saturated heterocycles. The minimum atomic E-state index is -0.592. The molecule has 0 fully saturated rings. The van der Waals surface area contributed by atoms with Gasteiger partial charge in [-0.2, -0.15) is 0 Å². The first-order valence-corrected chi connectivity index (χ1v) is 6.96. The van der Waals surface area contributed by atoms with Gasteiger partial charge in [0.25, 0.3) is 17.7 Å². The molecule has 0 radical (unpaired) electrons. The Kier molecular flexibility index (Phi) is 3.65. The third-order valence-corrected chi connectivity index (χ3v) is 3.64. The molecule has 0 saturated carbocycles. The SMILES string of the molecule is CN1CC(=O)N(C(=O)c2ccc(F)cc2)c2ccccc2C1=O. The van der Waals surface area contributed by atoms with Gasteiger partial charge in [-0.15, -0.1) is 0 Å². The zero-order chi connectivity index (χ0) is 16.6. The monoisotopic (exact) mass is 312 g/mol. The summed E-state index contributed by atoms with van der Waals surface area (Å²) < 4.78 is 13.0. The van der Waals surface area contributed by atoms with E-state index in [1.54, 1.807) is 24.3 Å². The Balaban J connectivity index is 2.11. The summed E-state index contributed by atoms with van der Waals surface area (Å²) >= 11 is 0. The average Bonchev–Trinajstić information content (AvgIpc) is 2.63. The van der Waals surface area contributed by atoms with Crippen molar-refractivity contribution in [3.8, 4) is 0 Å². The number of amides is 3. The molecule has 0 N–H and O–H groups in total. The highest BCUT2D eigenvalue weighted by atomic mass is 19.1.